The minimum Gasteiger partial charge on any atom is -0.377 e. The van der Waals surface area contributed by atoms with Crippen LogP contribution in [0, 0.1) is 5.92 Å². The highest BCUT2D eigenvalue weighted by Gasteiger charge is 2.21. The quantitative estimate of drug-likeness (QED) is 0.339. The zero-order chi connectivity index (χ0) is 20.4. The second kappa shape index (κ2) is 11.9. The minimum atomic E-state index is -3.23. The van der Waals surface area contributed by atoms with E-state index in [1.54, 1.807) is 7.05 Å². The van der Waals surface area contributed by atoms with E-state index in [0.29, 0.717) is 31.0 Å². The summed E-state index contributed by atoms with van der Waals surface area (Å²) in [5.41, 5.74) is 0. The highest BCUT2D eigenvalue weighted by molar-refractivity contribution is 7.89. The molecule has 0 radical (unpaired) electrons. The Morgan fingerprint density at radius 2 is 1.93 bits per heavy atom. The van der Waals surface area contributed by atoms with Gasteiger partial charge in [0.1, 0.15) is 0 Å². The molecule has 0 spiro atoms. The molecule has 0 unspecified atom stereocenters. The van der Waals surface area contributed by atoms with Gasteiger partial charge in [-0.05, 0) is 45.4 Å². The standard InChI is InChI=1S/C19H39N5O3S/c1-16(2)27-13-12-24-10-7-18(8-11-24)23-19(20-3)21-9-14-28(25,26)22-15-17-5-4-6-17/h16-18,22H,4-15H2,1-3H3,(H2,20,21,23). The van der Waals surface area contributed by atoms with Gasteiger partial charge in [-0.15, -0.1) is 0 Å². The van der Waals surface area contributed by atoms with Crippen LogP contribution in [0.3, 0.4) is 0 Å². The van der Waals surface area contributed by atoms with Gasteiger partial charge in [-0.3, -0.25) is 4.99 Å². The lowest BCUT2D eigenvalue weighted by atomic mass is 9.86. The molecule has 1 heterocycles. The molecule has 2 rings (SSSR count). The van der Waals surface area contributed by atoms with Crippen molar-refractivity contribution in [3.63, 3.8) is 0 Å². The van der Waals surface area contributed by atoms with E-state index in [-0.39, 0.29) is 11.9 Å². The Balaban J connectivity index is 1.59. The first-order valence-corrected chi connectivity index (χ1v) is 12.3. The zero-order valence-corrected chi connectivity index (χ0v) is 18.6. The number of nitrogens with zero attached hydrogens (tertiary/aromatic N) is 2. The van der Waals surface area contributed by atoms with Gasteiger partial charge in [-0.1, -0.05) is 6.42 Å². The summed E-state index contributed by atoms with van der Waals surface area (Å²) in [6.45, 7) is 8.88. The molecule has 164 valence electrons. The van der Waals surface area contributed by atoms with Crippen LogP contribution in [0.4, 0.5) is 0 Å². The lowest BCUT2D eigenvalue weighted by Gasteiger charge is -2.33. The smallest absolute Gasteiger partial charge is 0.213 e. The van der Waals surface area contributed by atoms with Gasteiger partial charge < -0.3 is 20.3 Å². The van der Waals surface area contributed by atoms with E-state index in [2.05, 4.69) is 39.1 Å². The normalized spacial score (nSPS) is 20.4. The molecule has 0 aromatic heterocycles. The molecule has 28 heavy (non-hydrogen) atoms. The summed E-state index contributed by atoms with van der Waals surface area (Å²) < 4.78 is 32.5. The lowest BCUT2D eigenvalue weighted by Crippen LogP contribution is -2.50. The van der Waals surface area contributed by atoms with Crippen molar-refractivity contribution in [2.75, 3.05) is 52.1 Å². The van der Waals surface area contributed by atoms with Crippen molar-refractivity contribution in [3.05, 3.63) is 0 Å². The van der Waals surface area contributed by atoms with Crippen molar-refractivity contribution in [3.8, 4) is 0 Å². The predicted molar refractivity (Wildman–Crippen MR) is 114 cm³/mol. The molecule has 2 fully saturated rings. The zero-order valence-electron chi connectivity index (χ0n) is 17.7. The molecule has 0 aromatic rings. The number of piperidine rings is 1. The molecular weight excluding hydrogens is 378 g/mol. The maximum Gasteiger partial charge on any atom is 0.213 e. The third-order valence-electron chi connectivity index (χ3n) is 5.49. The summed E-state index contributed by atoms with van der Waals surface area (Å²) in [6.07, 6.45) is 5.88. The summed E-state index contributed by atoms with van der Waals surface area (Å²) >= 11 is 0. The molecule has 1 saturated carbocycles. The minimum absolute atomic E-state index is 0.0642. The number of likely N-dealkylation sites (tertiary alicyclic amines) is 1. The third kappa shape index (κ3) is 9.07. The number of ether oxygens (including phenoxy) is 1. The Hall–Kier alpha value is -0.900. The van der Waals surface area contributed by atoms with Crippen LogP contribution in [-0.4, -0.2) is 83.6 Å². The van der Waals surface area contributed by atoms with Crippen molar-refractivity contribution in [2.45, 2.75) is 58.1 Å². The van der Waals surface area contributed by atoms with Crippen molar-refractivity contribution >= 4 is 16.0 Å². The van der Waals surface area contributed by atoms with Crippen LogP contribution in [0.5, 0.6) is 0 Å². The Bertz CT molecular complexity index is 570. The van der Waals surface area contributed by atoms with E-state index >= 15 is 0 Å². The van der Waals surface area contributed by atoms with E-state index in [1.807, 2.05) is 0 Å². The average Bonchev–Trinajstić information content (AvgIpc) is 2.60. The first-order chi connectivity index (χ1) is 13.4. The molecular formula is C19H39N5O3S. The van der Waals surface area contributed by atoms with Crippen LogP contribution in [0.15, 0.2) is 4.99 Å². The lowest BCUT2D eigenvalue weighted by molar-refractivity contribution is 0.0532. The van der Waals surface area contributed by atoms with Crippen LogP contribution in [0.25, 0.3) is 0 Å². The fourth-order valence-corrected chi connectivity index (χ4v) is 4.43. The second-order valence-corrected chi connectivity index (χ2v) is 10.1. The van der Waals surface area contributed by atoms with E-state index in [1.165, 1.54) is 6.42 Å². The van der Waals surface area contributed by atoms with Crippen LogP contribution in [-0.2, 0) is 14.8 Å². The maximum atomic E-state index is 12.1. The molecule has 1 aliphatic heterocycles. The van der Waals surface area contributed by atoms with Crippen LogP contribution in [0.2, 0.25) is 0 Å². The van der Waals surface area contributed by atoms with Gasteiger partial charge in [0, 0.05) is 45.8 Å². The summed E-state index contributed by atoms with van der Waals surface area (Å²) in [6, 6.07) is 0.363. The Kier molecular flexibility index (Phi) is 9.98. The number of sulfonamides is 1. The fourth-order valence-electron chi connectivity index (χ4n) is 3.42. The molecule has 0 aromatic carbocycles. The highest BCUT2D eigenvalue weighted by Crippen LogP contribution is 2.25. The van der Waals surface area contributed by atoms with Gasteiger partial charge in [-0.25, -0.2) is 13.1 Å². The highest BCUT2D eigenvalue weighted by atomic mass is 32.2. The van der Waals surface area contributed by atoms with Gasteiger partial charge >= 0.3 is 0 Å². The molecule has 1 saturated heterocycles. The van der Waals surface area contributed by atoms with Gasteiger partial charge in [0.15, 0.2) is 5.96 Å². The van der Waals surface area contributed by atoms with Crippen molar-refractivity contribution in [1.82, 2.24) is 20.3 Å². The molecule has 9 heteroatoms. The van der Waals surface area contributed by atoms with E-state index < -0.39 is 10.0 Å². The Labute approximate surface area is 170 Å². The van der Waals surface area contributed by atoms with Gasteiger partial charge in [0.05, 0.1) is 18.5 Å². The van der Waals surface area contributed by atoms with E-state index in [9.17, 15) is 8.42 Å². The van der Waals surface area contributed by atoms with Crippen LogP contribution < -0.4 is 15.4 Å². The summed E-state index contributed by atoms with van der Waals surface area (Å²) in [7, 11) is -1.51. The van der Waals surface area contributed by atoms with E-state index in [4.69, 9.17) is 4.74 Å². The number of rotatable bonds is 11. The first kappa shape index (κ1) is 23.4. The monoisotopic (exact) mass is 417 g/mol. The van der Waals surface area contributed by atoms with E-state index in [0.717, 1.165) is 51.9 Å². The molecule has 0 amide bonds. The maximum absolute atomic E-state index is 12.1. The second-order valence-electron chi connectivity index (χ2n) is 8.14. The largest absolute Gasteiger partial charge is 0.377 e. The molecule has 3 N–H and O–H groups in total. The summed E-state index contributed by atoms with van der Waals surface area (Å²) in [4.78, 5) is 6.66. The number of aliphatic imine (C=N–C) groups is 1. The Morgan fingerprint density at radius 3 is 2.50 bits per heavy atom. The van der Waals surface area contributed by atoms with Gasteiger partial charge in [-0.2, -0.15) is 0 Å². The molecule has 0 bridgehead atoms. The SMILES string of the molecule is CN=C(NCCS(=O)(=O)NCC1CCC1)NC1CCN(CCOC(C)C)CC1. The summed E-state index contributed by atoms with van der Waals surface area (Å²) in [5.74, 6) is 1.27. The number of hydrogen-bond donors (Lipinski definition) is 3. The molecule has 8 nitrogen and oxygen atoms in total. The Morgan fingerprint density at radius 1 is 1.21 bits per heavy atom. The van der Waals surface area contributed by atoms with Crippen molar-refractivity contribution in [2.24, 2.45) is 10.9 Å². The van der Waals surface area contributed by atoms with Gasteiger partial charge in [0.25, 0.3) is 0 Å². The molecule has 1 aliphatic carbocycles. The molecule has 2 aliphatic rings. The average molecular weight is 418 g/mol. The number of guanidine groups is 1. The fraction of sp³-hybridized carbons (Fsp3) is 0.947. The first-order valence-electron chi connectivity index (χ1n) is 10.7. The summed E-state index contributed by atoms with van der Waals surface area (Å²) in [5, 5.41) is 6.55. The third-order valence-corrected chi connectivity index (χ3v) is 6.84. The predicted octanol–water partition coefficient (Wildman–Crippen LogP) is 0.760. The van der Waals surface area contributed by atoms with Crippen molar-refractivity contribution in [1.29, 1.82) is 0 Å². The number of hydrogen-bond acceptors (Lipinski definition) is 5. The van der Waals surface area contributed by atoms with Gasteiger partial charge in [0.2, 0.25) is 10.0 Å². The van der Waals surface area contributed by atoms with Crippen molar-refractivity contribution < 1.29 is 13.2 Å². The number of nitrogens with one attached hydrogen (secondary N) is 3. The van der Waals surface area contributed by atoms with Crippen LogP contribution in [0.1, 0.15) is 46.0 Å². The topological polar surface area (TPSA) is 95.1 Å². The van der Waals surface area contributed by atoms with Crippen LogP contribution >= 0.6 is 0 Å². The molecule has 0 atom stereocenters.